The highest BCUT2D eigenvalue weighted by Crippen LogP contribution is 2.50. The Bertz CT molecular complexity index is 800. The Morgan fingerprint density at radius 1 is 1.03 bits per heavy atom. The molecule has 0 radical (unpaired) electrons. The van der Waals surface area contributed by atoms with Gasteiger partial charge in [-0.25, -0.2) is 9.24 Å². The molecule has 0 fully saturated rings. The summed E-state index contributed by atoms with van der Waals surface area (Å²) in [5.74, 6) is 0.790. The van der Waals surface area contributed by atoms with Crippen molar-refractivity contribution in [3.63, 3.8) is 0 Å². The Balaban J connectivity index is 2.20. The molecule has 0 aliphatic rings. The summed E-state index contributed by atoms with van der Waals surface area (Å²) in [5.41, 5.74) is 1.60. The maximum Gasteiger partial charge on any atom is 0.419 e. The molecule has 6 nitrogen and oxygen atoms in total. The molecule has 0 spiro atoms. The number of carbonyl (C=O) groups is 1. The second-order valence-corrected chi connectivity index (χ2v) is 8.91. The fraction of sp³-hybridized carbons (Fsp3) is 0.350. The van der Waals surface area contributed by atoms with Gasteiger partial charge in [0.25, 0.3) is 0 Å². The first-order valence-corrected chi connectivity index (χ1v) is 11.8. The first kappa shape index (κ1) is 23.6. The van der Waals surface area contributed by atoms with Gasteiger partial charge in [0.05, 0.1) is 7.11 Å². The summed E-state index contributed by atoms with van der Waals surface area (Å²) < 4.78 is 26.0. The Morgan fingerprint density at radius 2 is 1.66 bits per heavy atom. The van der Waals surface area contributed by atoms with E-state index in [-0.39, 0.29) is 17.7 Å². The molecule has 9 heteroatoms. The number of esters is 1. The third kappa shape index (κ3) is 7.56. The maximum absolute atomic E-state index is 13.8. The van der Waals surface area contributed by atoms with Crippen LogP contribution in [0, 0.1) is 0 Å². The van der Waals surface area contributed by atoms with Crippen molar-refractivity contribution in [1.29, 1.82) is 0 Å². The van der Waals surface area contributed by atoms with Crippen molar-refractivity contribution in [2.75, 3.05) is 37.0 Å². The Kier molecular flexibility index (Phi) is 9.82. The van der Waals surface area contributed by atoms with Gasteiger partial charge in [0, 0.05) is 37.0 Å². The minimum atomic E-state index is -3.52. The first-order valence-electron chi connectivity index (χ1n) is 9.17. The zero-order valence-corrected chi connectivity index (χ0v) is 18.6. The number of halogens is 2. The zero-order valence-electron chi connectivity index (χ0n) is 16.2. The number of methoxy groups -OCH3 is 1. The van der Waals surface area contributed by atoms with E-state index in [1.165, 1.54) is 7.11 Å². The lowest BCUT2D eigenvalue weighted by molar-refractivity contribution is -0.140. The second-order valence-electron chi connectivity index (χ2n) is 6.14. The number of alkyl halides is 2. The molecule has 2 aromatic carbocycles. The maximum atomic E-state index is 13.8. The number of anilines is 1. The summed E-state index contributed by atoms with van der Waals surface area (Å²) in [6, 6.07) is 16.3. The Labute approximate surface area is 181 Å². The number of para-hydroxylation sites is 1. The van der Waals surface area contributed by atoms with Gasteiger partial charge in [-0.2, -0.15) is 0 Å². The molecule has 29 heavy (non-hydrogen) atoms. The molecule has 0 bridgehead atoms. The Morgan fingerprint density at radius 3 is 2.21 bits per heavy atom. The normalized spacial score (nSPS) is 13.0. The highest BCUT2D eigenvalue weighted by atomic mass is 35.5. The number of nitrogens with zero attached hydrogens (tertiary/aromatic N) is 1. The van der Waals surface area contributed by atoms with E-state index in [2.05, 4.69) is 9.82 Å². The fourth-order valence-corrected chi connectivity index (χ4v) is 5.16. The van der Waals surface area contributed by atoms with Gasteiger partial charge < -0.3 is 9.26 Å². The van der Waals surface area contributed by atoms with Crippen molar-refractivity contribution in [3.8, 4) is 5.75 Å². The van der Waals surface area contributed by atoms with Gasteiger partial charge in [0.1, 0.15) is 5.75 Å². The number of rotatable bonds is 12. The molecule has 0 saturated heterocycles. The van der Waals surface area contributed by atoms with Gasteiger partial charge in [0.15, 0.2) is 0 Å². The van der Waals surface area contributed by atoms with Crippen LogP contribution in [0.4, 0.5) is 5.69 Å². The van der Waals surface area contributed by atoms with Crippen LogP contribution in [0.15, 0.2) is 54.6 Å². The van der Waals surface area contributed by atoms with Crippen LogP contribution in [0.2, 0.25) is 0 Å². The second kappa shape index (κ2) is 12.1. The minimum absolute atomic E-state index is 0.259. The van der Waals surface area contributed by atoms with Crippen LogP contribution < -0.4 is 9.61 Å². The quantitative estimate of drug-likeness (QED) is 0.268. The lowest BCUT2D eigenvalue weighted by Crippen LogP contribution is -2.30. The largest absolute Gasteiger partial charge is 0.469 e. The molecule has 2 rings (SSSR count). The number of ether oxygens (including phenoxy) is 1. The average Bonchev–Trinajstić information content (AvgIpc) is 2.73. The van der Waals surface area contributed by atoms with Crippen LogP contribution >= 0.6 is 30.9 Å². The molecule has 0 aliphatic carbocycles. The van der Waals surface area contributed by atoms with E-state index < -0.39 is 7.67 Å². The number of nitrogens with one attached hydrogen (secondary N) is 1. The third-order valence-corrected chi connectivity index (χ3v) is 6.58. The average molecular weight is 459 g/mol. The molecular formula is C20H25Cl2N2O4P. The highest BCUT2D eigenvalue weighted by Gasteiger charge is 2.33. The molecule has 0 aliphatic heterocycles. The lowest BCUT2D eigenvalue weighted by Gasteiger charge is -2.31. The van der Waals surface area contributed by atoms with Crippen LogP contribution in [-0.2, 0) is 20.5 Å². The van der Waals surface area contributed by atoms with Crippen molar-refractivity contribution < 1.29 is 18.6 Å². The van der Waals surface area contributed by atoms with Crippen LogP contribution in [0.3, 0.4) is 0 Å². The molecule has 158 valence electrons. The summed E-state index contributed by atoms with van der Waals surface area (Å²) in [6.07, 6.45) is 0.869. The molecule has 2 aromatic rings. The zero-order chi connectivity index (χ0) is 21.1. The number of hydrogen-bond acceptors (Lipinski definition) is 4. The van der Waals surface area contributed by atoms with Crippen molar-refractivity contribution >= 4 is 42.5 Å². The SMILES string of the molecule is COC(=O)CCc1ccc(NP(=O)(Oc2ccccc2)N(CCCl)CCCl)cc1. The monoisotopic (exact) mass is 458 g/mol. The van der Waals surface area contributed by atoms with Crippen molar-refractivity contribution in [3.05, 3.63) is 60.2 Å². The van der Waals surface area contributed by atoms with E-state index in [4.69, 9.17) is 27.7 Å². The summed E-state index contributed by atoms with van der Waals surface area (Å²) in [5, 5.41) is 3.03. The highest BCUT2D eigenvalue weighted by molar-refractivity contribution is 7.58. The van der Waals surface area contributed by atoms with E-state index in [1.807, 2.05) is 30.3 Å². The summed E-state index contributed by atoms with van der Waals surface area (Å²) in [6.45, 7) is 0.700. The van der Waals surface area contributed by atoms with Crippen molar-refractivity contribution in [1.82, 2.24) is 4.67 Å². The third-order valence-electron chi connectivity index (χ3n) is 4.10. The van der Waals surface area contributed by atoms with E-state index in [9.17, 15) is 9.36 Å². The van der Waals surface area contributed by atoms with E-state index >= 15 is 0 Å². The van der Waals surface area contributed by atoms with E-state index in [0.717, 1.165) is 5.56 Å². The number of carbonyl (C=O) groups excluding carboxylic acids is 1. The van der Waals surface area contributed by atoms with E-state index in [0.29, 0.717) is 37.4 Å². The number of aryl methyl sites for hydroxylation is 1. The standard InChI is InChI=1S/C20H25Cl2N2O4P/c1-27-20(25)12-9-17-7-10-18(11-8-17)23-29(26,24(15-13-21)16-14-22)28-19-5-3-2-4-6-19/h2-8,10-11H,9,12-16H2,1H3,(H,23,26). The Hall–Kier alpha value is -1.72. The van der Waals surface area contributed by atoms with Gasteiger partial charge in [0.2, 0.25) is 0 Å². The smallest absolute Gasteiger partial charge is 0.419 e. The van der Waals surface area contributed by atoms with Gasteiger partial charge in [-0.05, 0) is 36.2 Å². The first-order chi connectivity index (χ1) is 14.0. The summed E-state index contributed by atoms with van der Waals surface area (Å²) in [4.78, 5) is 11.3. The predicted molar refractivity (Wildman–Crippen MR) is 118 cm³/mol. The molecule has 0 amide bonds. The van der Waals surface area contributed by atoms with Crippen LogP contribution in [0.1, 0.15) is 12.0 Å². The van der Waals surface area contributed by atoms with Crippen molar-refractivity contribution in [2.24, 2.45) is 0 Å². The fourth-order valence-electron chi connectivity index (χ4n) is 2.60. The van der Waals surface area contributed by atoms with Gasteiger partial charge >= 0.3 is 13.6 Å². The molecule has 0 aromatic heterocycles. The van der Waals surface area contributed by atoms with Crippen LogP contribution in [-0.4, -0.2) is 42.6 Å². The summed E-state index contributed by atoms with van der Waals surface area (Å²) in [7, 11) is -2.15. The summed E-state index contributed by atoms with van der Waals surface area (Å²) >= 11 is 11.8. The predicted octanol–water partition coefficient (Wildman–Crippen LogP) is 5.17. The minimum Gasteiger partial charge on any atom is -0.469 e. The molecule has 1 atom stereocenters. The molecule has 0 saturated carbocycles. The van der Waals surface area contributed by atoms with E-state index in [1.54, 1.807) is 28.9 Å². The molecule has 1 unspecified atom stereocenters. The van der Waals surface area contributed by atoms with Gasteiger partial charge in [-0.3, -0.25) is 9.88 Å². The molecular weight excluding hydrogens is 434 g/mol. The molecule has 0 heterocycles. The number of hydrogen-bond donors (Lipinski definition) is 1. The lowest BCUT2D eigenvalue weighted by atomic mass is 10.1. The van der Waals surface area contributed by atoms with Gasteiger partial charge in [-0.1, -0.05) is 30.3 Å². The van der Waals surface area contributed by atoms with Crippen LogP contribution in [0.25, 0.3) is 0 Å². The topological polar surface area (TPSA) is 67.9 Å². The molecule has 1 N–H and O–H groups in total. The van der Waals surface area contributed by atoms with Crippen LogP contribution in [0.5, 0.6) is 5.75 Å². The number of benzene rings is 2. The van der Waals surface area contributed by atoms with Gasteiger partial charge in [-0.15, -0.1) is 23.2 Å². The van der Waals surface area contributed by atoms with Crippen molar-refractivity contribution in [2.45, 2.75) is 12.8 Å².